The number of carbonyl (C=O) groups is 2. The zero-order valence-electron chi connectivity index (χ0n) is 19.0. The van der Waals surface area contributed by atoms with Gasteiger partial charge < -0.3 is 19.3 Å². The molecule has 3 heterocycles. The van der Waals surface area contributed by atoms with E-state index in [2.05, 4.69) is 5.10 Å². The number of piperidine rings is 1. The van der Waals surface area contributed by atoms with Gasteiger partial charge in [-0.1, -0.05) is 36.7 Å². The molecule has 2 amide bonds. The Morgan fingerprint density at radius 3 is 2.64 bits per heavy atom. The lowest BCUT2D eigenvalue weighted by Crippen LogP contribution is -2.50. The van der Waals surface area contributed by atoms with Gasteiger partial charge in [-0.05, 0) is 18.6 Å². The molecule has 0 bridgehead atoms. The van der Waals surface area contributed by atoms with E-state index in [9.17, 15) is 9.59 Å². The molecule has 1 aromatic heterocycles. The van der Waals surface area contributed by atoms with Crippen LogP contribution in [0.15, 0.2) is 36.5 Å². The van der Waals surface area contributed by atoms with E-state index in [-0.39, 0.29) is 29.5 Å². The number of nitrogens with zero attached hydrogens (tertiary/aromatic N) is 4. The maximum atomic E-state index is 13.2. The van der Waals surface area contributed by atoms with Crippen molar-refractivity contribution in [2.45, 2.75) is 38.8 Å². The number of benzene rings is 1. The van der Waals surface area contributed by atoms with Crippen LogP contribution in [0.5, 0.6) is 5.75 Å². The number of likely N-dealkylation sites (tertiary alicyclic amines) is 1. The third-order valence-corrected chi connectivity index (χ3v) is 6.43. The molecule has 0 aliphatic carbocycles. The Hall–Kier alpha value is -2.58. The first kappa shape index (κ1) is 23.6. The van der Waals surface area contributed by atoms with Crippen LogP contribution in [0.25, 0.3) is 0 Å². The molecule has 2 saturated heterocycles. The van der Waals surface area contributed by atoms with Gasteiger partial charge in [0.1, 0.15) is 11.9 Å². The molecule has 0 saturated carbocycles. The number of amides is 2. The minimum Gasteiger partial charge on any atom is -0.490 e. The van der Waals surface area contributed by atoms with Gasteiger partial charge in [0.05, 0.1) is 18.2 Å². The van der Waals surface area contributed by atoms with Crippen LogP contribution >= 0.6 is 11.6 Å². The molecule has 33 heavy (non-hydrogen) atoms. The van der Waals surface area contributed by atoms with Crippen molar-refractivity contribution in [3.63, 3.8) is 0 Å². The topological polar surface area (TPSA) is 76.9 Å². The van der Waals surface area contributed by atoms with Crippen molar-refractivity contribution < 1.29 is 19.1 Å². The number of para-hydroxylation sites is 1. The highest BCUT2D eigenvalue weighted by Crippen LogP contribution is 2.28. The predicted octanol–water partition coefficient (Wildman–Crippen LogP) is 3.11. The number of morpholine rings is 1. The molecule has 2 aliphatic heterocycles. The second kappa shape index (κ2) is 11.0. The Bertz CT molecular complexity index is 945. The summed E-state index contributed by atoms with van der Waals surface area (Å²) in [5.41, 5.74) is 0.269. The fourth-order valence-corrected chi connectivity index (χ4v) is 4.65. The van der Waals surface area contributed by atoms with Gasteiger partial charge in [0.15, 0.2) is 5.69 Å². The normalized spacial score (nSPS) is 21.2. The highest BCUT2D eigenvalue weighted by Gasteiger charge is 2.36. The van der Waals surface area contributed by atoms with Crippen molar-refractivity contribution in [1.29, 1.82) is 0 Å². The zero-order chi connectivity index (χ0) is 23.2. The molecule has 0 radical (unpaired) electrons. The molecule has 2 atom stereocenters. The highest BCUT2D eigenvalue weighted by atomic mass is 35.5. The van der Waals surface area contributed by atoms with E-state index in [4.69, 9.17) is 21.1 Å². The molecule has 2 fully saturated rings. The molecular formula is C24H31ClN4O4. The summed E-state index contributed by atoms with van der Waals surface area (Å²) in [6, 6.07) is 9.62. The Labute approximate surface area is 199 Å². The molecule has 2 aliphatic rings. The van der Waals surface area contributed by atoms with Gasteiger partial charge >= 0.3 is 0 Å². The van der Waals surface area contributed by atoms with Gasteiger partial charge in [-0.15, -0.1) is 0 Å². The number of hydrogen-bond acceptors (Lipinski definition) is 5. The smallest absolute Gasteiger partial charge is 0.275 e. The molecule has 0 N–H and O–H groups in total. The lowest BCUT2D eigenvalue weighted by atomic mass is 9.90. The Morgan fingerprint density at radius 1 is 1.15 bits per heavy atom. The number of aromatic nitrogens is 2. The summed E-state index contributed by atoms with van der Waals surface area (Å²) in [6.07, 6.45) is 3.39. The standard InChI is InChI=1S/C24H31ClN4O4/c1-2-9-29-17-20(25)23(26-29)24(31)28-10-8-21(33-19-6-4-3-5-7-19)18(16-28)15-22(30)27-11-13-32-14-12-27/h3-7,17-18,21H,2,8-16H2,1H3/t18-,21-/m0/s1. The molecule has 178 valence electrons. The van der Waals surface area contributed by atoms with Crippen molar-refractivity contribution in [1.82, 2.24) is 19.6 Å². The maximum absolute atomic E-state index is 13.2. The number of carbonyl (C=O) groups excluding carboxylic acids is 2. The van der Waals surface area contributed by atoms with E-state index in [0.717, 1.165) is 12.2 Å². The van der Waals surface area contributed by atoms with Gasteiger partial charge in [-0.25, -0.2) is 0 Å². The molecule has 1 aromatic carbocycles. The number of halogens is 1. The third kappa shape index (κ3) is 5.86. The molecule has 0 spiro atoms. The number of rotatable bonds is 7. The van der Waals surface area contributed by atoms with Gasteiger partial charge in [-0.2, -0.15) is 5.10 Å². The van der Waals surface area contributed by atoms with Crippen LogP contribution in [0.4, 0.5) is 0 Å². The van der Waals surface area contributed by atoms with E-state index in [1.54, 1.807) is 15.8 Å². The summed E-state index contributed by atoms with van der Waals surface area (Å²) in [5.74, 6) is 0.517. The fraction of sp³-hybridized carbons (Fsp3) is 0.542. The summed E-state index contributed by atoms with van der Waals surface area (Å²) in [4.78, 5) is 29.9. The predicted molar refractivity (Wildman–Crippen MR) is 124 cm³/mol. The van der Waals surface area contributed by atoms with Crippen molar-refractivity contribution in [3.05, 3.63) is 47.2 Å². The van der Waals surface area contributed by atoms with Crippen LogP contribution in [0, 0.1) is 5.92 Å². The second-order valence-corrected chi connectivity index (χ2v) is 8.96. The van der Waals surface area contributed by atoms with Gasteiger partial charge in [0.25, 0.3) is 5.91 Å². The Kier molecular flexibility index (Phi) is 7.88. The average Bonchev–Trinajstić information content (AvgIpc) is 3.21. The summed E-state index contributed by atoms with van der Waals surface area (Å²) < 4.78 is 13.4. The first-order valence-electron chi connectivity index (χ1n) is 11.6. The van der Waals surface area contributed by atoms with Crippen molar-refractivity contribution >= 4 is 23.4 Å². The lowest BCUT2D eigenvalue weighted by molar-refractivity contribution is -0.137. The monoisotopic (exact) mass is 474 g/mol. The fourth-order valence-electron chi connectivity index (χ4n) is 4.42. The maximum Gasteiger partial charge on any atom is 0.275 e. The first-order chi connectivity index (χ1) is 16.0. The van der Waals surface area contributed by atoms with Crippen LogP contribution in [0.2, 0.25) is 5.02 Å². The zero-order valence-corrected chi connectivity index (χ0v) is 19.7. The van der Waals surface area contributed by atoms with Gasteiger partial charge in [0, 0.05) is 57.7 Å². The summed E-state index contributed by atoms with van der Waals surface area (Å²) in [5, 5.41) is 4.75. The van der Waals surface area contributed by atoms with Crippen LogP contribution in [-0.2, 0) is 16.1 Å². The molecule has 4 rings (SSSR count). The largest absolute Gasteiger partial charge is 0.490 e. The van der Waals surface area contributed by atoms with Crippen LogP contribution in [0.1, 0.15) is 36.7 Å². The van der Waals surface area contributed by atoms with Crippen molar-refractivity contribution in [3.8, 4) is 5.75 Å². The summed E-state index contributed by atoms with van der Waals surface area (Å²) in [6.45, 7) is 6.01. The van der Waals surface area contributed by atoms with E-state index in [1.807, 2.05) is 42.2 Å². The van der Waals surface area contributed by atoms with Crippen LogP contribution in [-0.4, -0.2) is 76.9 Å². The highest BCUT2D eigenvalue weighted by molar-refractivity contribution is 6.33. The number of hydrogen-bond donors (Lipinski definition) is 0. The Morgan fingerprint density at radius 2 is 1.91 bits per heavy atom. The van der Waals surface area contributed by atoms with Gasteiger partial charge in [0.2, 0.25) is 5.91 Å². The van der Waals surface area contributed by atoms with E-state index >= 15 is 0 Å². The molecule has 2 aromatic rings. The van der Waals surface area contributed by atoms with E-state index < -0.39 is 0 Å². The summed E-state index contributed by atoms with van der Waals surface area (Å²) >= 11 is 6.32. The SMILES string of the molecule is CCCn1cc(Cl)c(C(=O)N2CC[C@H](Oc3ccccc3)[C@@H](CC(=O)N3CCOCC3)C2)n1. The minimum absolute atomic E-state index is 0.0736. The first-order valence-corrected chi connectivity index (χ1v) is 12.0. The molecule has 8 nitrogen and oxygen atoms in total. The quantitative estimate of drug-likeness (QED) is 0.616. The van der Waals surface area contributed by atoms with Gasteiger partial charge in [-0.3, -0.25) is 14.3 Å². The Balaban J connectivity index is 1.48. The number of ether oxygens (including phenoxy) is 2. The van der Waals surface area contributed by atoms with Crippen LogP contribution < -0.4 is 4.74 Å². The van der Waals surface area contributed by atoms with Crippen molar-refractivity contribution in [2.24, 2.45) is 5.92 Å². The summed E-state index contributed by atoms with van der Waals surface area (Å²) in [7, 11) is 0. The molecule has 9 heteroatoms. The average molecular weight is 475 g/mol. The lowest BCUT2D eigenvalue weighted by Gasteiger charge is -2.39. The van der Waals surface area contributed by atoms with E-state index in [0.29, 0.717) is 63.8 Å². The third-order valence-electron chi connectivity index (χ3n) is 6.16. The molecule has 0 unspecified atom stereocenters. The minimum atomic E-state index is -0.197. The van der Waals surface area contributed by atoms with E-state index in [1.165, 1.54) is 0 Å². The van der Waals surface area contributed by atoms with Crippen LogP contribution in [0.3, 0.4) is 0 Å². The number of aryl methyl sites for hydroxylation is 1. The van der Waals surface area contributed by atoms with Crippen molar-refractivity contribution in [2.75, 3.05) is 39.4 Å². The molecular weight excluding hydrogens is 444 g/mol. The second-order valence-electron chi connectivity index (χ2n) is 8.56.